The number of ketones is 1. The summed E-state index contributed by atoms with van der Waals surface area (Å²) in [6, 6.07) is 10.7. The zero-order valence-corrected chi connectivity index (χ0v) is 17.3. The van der Waals surface area contributed by atoms with Gasteiger partial charge in [0.2, 0.25) is 5.78 Å². The van der Waals surface area contributed by atoms with Crippen molar-refractivity contribution in [3.8, 4) is 11.3 Å². The maximum absolute atomic E-state index is 13.2. The number of hydrogen-bond donors (Lipinski definition) is 1. The fraction of sp³-hybridized carbons (Fsp3) is 0.182. The van der Waals surface area contributed by atoms with Gasteiger partial charge < -0.3 is 15.1 Å². The van der Waals surface area contributed by atoms with Gasteiger partial charge in [0, 0.05) is 46.7 Å². The first-order chi connectivity index (χ1) is 14.0. The highest BCUT2D eigenvalue weighted by Gasteiger charge is 2.28. The van der Waals surface area contributed by atoms with Gasteiger partial charge in [-0.25, -0.2) is 4.98 Å². The molecule has 29 heavy (non-hydrogen) atoms. The molecule has 1 aliphatic heterocycles. The molecule has 0 fully saturated rings. The number of fused-ring (bicyclic) bond motifs is 2. The van der Waals surface area contributed by atoms with E-state index in [1.54, 1.807) is 30.5 Å². The average molecular weight is 424 g/mol. The molecule has 2 N–H and O–H groups in total. The van der Waals surface area contributed by atoms with E-state index in [9.17, 15) is 4.79 Å². The second-order valence-electron chi connectivity index (χ2n) is 7.24. The number of furan rings is 1. The summed E-state index contributed by atoms with van der Waals surface area (Å²) in [5.74, 6) is 0.601. The number of aromatic nitrogens is 1. The van der Waals surface area contributed by atoms with Gasteiger partial charge >= 0.3 is 0 Å². The van der Waals surface area contributed by atoms with Crippen LogP contribution in [0.1, 0.15) is 26.5 Å². The number of carbonyl (C=O) groups excluding carboxylic acids is 1. The van der Waals surface area contributed by atoms with Crippen molar-refractivity contribution < 1.29 is 9.21 Å². The summed E-state index contributed by atoms with van der Waals surface area (Å²) in [4.78, 5) is 21.6. The summed E-state index contributed by atoms with van der Waals surface area (Å²) in [7, 11) is 2.09. The Morgan fingerprint density at radius 2 is 2.17 bits per heavy atom. The van der Waals surface area contributed by atoms with Crippen molar-refractivity contribution in [2.24, 2.45) is 0 Å². The van der Waals surface area contributed by atoms with Crippen LogP contribution in [0.15, 0.2) is 47.1 Å². The first-order valence-electron chi connectivity index (χ1n) is 9.29. The molecule has 0 bridgehead atoms. The molecule has 5 rings (SSSR count). The van der Waals surface area contributed by atoms with E-state index in [2.05, 4.69) is 11.9 Å². The lowest BCUT2D eigenvalue weighted by molar-refractivity contribution is 0.104. The number of hydrogen-bond acceptors (Lipinski definition) is 6. The van der Waals surface area contributed by atoms with Gasteiger partial charge in [-0.3, -0.25) is 4.79 Å². The maximum atomic E-state index is 13.2. The van der Waals surface area contributed by atoms with Gasteiger partial charge in [0.25, 0.3) is 0 Å². The Balaban J connectivity index is 1.77. The van der Waals surface area contributed by atoms with Crippen molar-refractivity contribution in [3.63, 3.8) is 0 Å². The Kier molecular flexibility index (Phi) is 4.42. The van der Waals surface area contributed by atoms with Crippen LogP contribution >= 0.6 is 22.9 Å². The Morgan fingerprint density at radius 1 is 1.31 bits per heavy atom. The number of thiophene rings is 1. The summed E-state index contributed by atoms with van der Waals surface area (Å²) < 4.78 is 5.75. The van der Waals surface area contributed by atoms with Gasteiger partial charge in [0.05, 0.1) is 12.0 Å². The Hall–Kier alpha value is -2.67. The molecule has 0 amide bonds. The highest BCUT2D eigenvalue weighted by Crippen LogP contribution is 2.44. The molecular weight excluding hydrogens is 406 g/mol. The standard InChI is InChI=1S/C22H18ClN3O2S/c1-26-8-7-15-14(11-26)17(16-6-3-9-28-16)18-19(24)21(29-22(18)25-15)20(27)12-4-2-5-13(23)10-12/h2-6,9-10H,7-8,11,24H2,1H3. The van der Waals surface area contributed by atoms with Crippen molar-refractivity contribution >= 4 is 44.6 Å². The van der Waals surface area contributed by atoms with E-state index >= 15 is 0 Å². The van der Waals surface area contributed by atoms with Crippen LogP contribution in [0.2, 0.25) is 5.02 Å². The van der Waals surface area contributed by atoms with Crippen LogP contribution in [0, 0.1) is 0 Å². The fourth-order valence-electron chi connectivity index (χ4n) is 3.88. The Labute approximate surface area is 176 Å². The number of benzene rings is 1. The SMILES string of the molecule is CN1CCc2nc3sc(C(=O)c4cccc(Cl)c4)c(N)c3c(-c3ccco3)c2C1. The van der Waals surface area contributed by atoms with E-state index in [1.807, 2.05) is 12.1 Å². The Morgan fingerprint density at radius 3 is 2.93 bits per heavy atom. The summed E-state index contributed by atoms with van der Waals surface area (Å²) in [5.41, 5.74) is 10.6. The van der Waals surface area contributed by atoms with Crippen LogP contribution in [0.5, 0.6) is 0 Å². The number of anilines is 1. The average Bonchev–Trinajstić information content (AvgIpc) is 3.34. The second-order valence-corrected chi connectivity index (χ2v) is 8.68. The van der Waals surface area contributed by atoms with Crippen molar-refractivity contribution in [2.45, 2.75) is 13.0 Å². The molecule has 0 radical (unpaired) electrons. The van der Waals surface area contributed by atoms with Gasteiger partial charge in [-0.05, 0) is 36.9 Å². The van der Waals surface area contributed by atoms with Crippen molar-refractivity contribution in [1.82, 2.24) is 9.88 Å². The summed E-state index contributed by atoms with van der Waals surface area (Å²) >= 11 is 7.41. The molecule has 1 aliphatic rings. The molecule has 0 atom stereocenters. The van der Waals surface area contributed by atoms with Gasteiger partial charge in [-0.1, -0.05) is 23.7 Å². The van der Waals surface area contributed by atoms with Crippen LogP contribution in [0.4, 0.5) is 5.69 Å². The fourth-order valence-corrected chi connectivity index (χ4v) is 5.16. The van der Waals surface area contributed by atoms with E-state index in [4.69, 9.17) is 26.7 Å². The molecule has 0 aliphatic carbocycles. The van der Waals surface area contributed by atoms with Gasteiger partial charge in [0.15, 0.2) is 0 Å². The van der Waals surface area contributed by atoms with Crippen molar-refractivity contribution in [3.05, 3.63) is 69.4 Å². The lowest BCUT2D eigenvalue weighted by atomic mass is 9.95. The number of rotatable bonds is 3. The van der Waals surface area contributed by atoms with Crippen molar-refractivity contribution in [2.75, 3.05) is 19.3 Å². The quantitative estimate of drug-likeness (QED) is 0.469. The van der Waals surface area contributed by atoms with Crippen LogP contribution in [-0.2, 0) is 13.0 Å². The third kappa shape index (κ3) is 3.04. The van der Waals surface area contributed by atoms with E-state index in [1.165, 1.54) is 11.3 Å². The molecule has 146 valence electrons. The van der Waals surface area contributed by atoms with Crippen molar-refractivity contribution in [1.29, 1.82) is 0 Å². The molecule has 0 spiro atoms. The number of nitrogen functional groups attached to an aromatic ring is 1. The highest BCUT2D eigenvalue weighted by atomic mass is 35.5. The number of carbonyl (C=O) groups is 1. The lowest BCUT2D eigenvalue weighted by Gasteiger charge is -2.26. The van der Waals surface area contributed by atoms with Gasteiger partial charge in [0.1, 0.15) is 15.5 Å². The number of nitrogens with zero attached hydrogens (tertiary/aromatic N) is 2. The second kappa shape index (κ2) is 6.99. The minimum atomic E-state index is -0.145. The molecule has 0 saturated carbocycles. The predicted octanol–water partition coefficient (Wildman–Crippen LogP) is 5.01. The zero-order chi connectivity index (χ0) is 20.1. The minimum Gasteiger partial charge on any atom is -0.464 e. The first-order valence-corrected chi connectivity index (χ1v) is 10.5. The molecule has 0 saturated heterocycles. The minimum absolute atomic E-state index is 0.145. The molecular formula is C22H18ClN3O2S. The first kappa shape index (κ1) is 18.4. The molecule has 4 aromatic rings. The summed E-state index contributed by atoms with van der Waals surface area (Å²) in [6.07, 6.45) is 2.51. The molecule has 4 heterocycles. The van der Waals surface area contributed by atoms with E-state index in [0.717, 1.165) is 52.3 Å². The third-order valence-corrected chi connectivity index (χ3v) is 6.62. The van der Waals surface area contributed by atoms with Crippen LogP contribution < -0.4 is 5.73 Å². The summed E-state index contributed by atoms with van der Waals surface area (Å²) in [6.45, 7) is 1.71. The Bertz CT molecular complexity index is 1250. The maximum Gasteiger partial charge on any atom is 0.205 e. The number of pyridine rings is 1. The monoisotopic (exact) mass is 423 g/mol. The molecule has 5 nitrogen and oxygen atoms in total. The molecule has 1 aromatic carbocycles. The smallest absolute Gasteiger partial charge is 0.205 e. The van der Waals surface area contributed by atoms with Crippen LogP contribution in [0.25, 0.3) is 21.5 Å². The van der Waals surface area contributed by atoms with Gasteiger partial charge in [-0.15, -0.1) is 11.3 Å². The molecule has 3 aromatic heterocycles. The van der Waals surface area contributed by atoms with E-state index < -0.39 is 0 Å². The highest BCUT2D eigenvalue weighted by molar-refractivity contribution is 7.21. The van der Waals surface area contributed by atoms with Gasteiger partial charge in [-0.2, -0.15) is 0 Å². The van der Waals surface area contributed by atoms with E-state index in [-0.39, 0.29) is 5.78 Å². The van der Waals surface area contributed by atoms with E-state index in [0.29, 0.717) is 21.2 Å². The summed E-state index contributed by atoms with van der Waals surface area (Å²) in [5, 5.41) is 1.31. The van der Waals surface area contributed by atoms with Crippen LogP contribution in [0.3, 0.4) is 0 Å². The topological polar surface area (TPSA) is 72.4 Å². The predicted molar refractivity (Wildman–Crippen MR) is 117 cm³/mol. The third-order valence-electron chi connectivity index (χ3n) is 5.28. The number of halogens is 1. The zero-order valence-electron chi connectivity index (χ0n) is 15.7. The molecule has 0 unspecified atom stereocenters. The van der Waals surface area contributed by atoms with Crippen LogP contribution in [-0.4, -0.2) is 29.3 Å². The number of nitrogens with two attached hydrogens (primary N) is 1. The molecule has 7 heteroatoms. The largest absolute Gasteiger partial charge is 0.464 e. The number of likely N-dealkylation sites (N-methyl/N-ethyl adjacent to an activating group) is 1. The lowest BCUT2D eigenvalue weighted by Crippen LogP contribution is -2.27. The normalized spacial score (nSPS) is 14.3.